The van der Waals surface area contributed by atoms with Gasteiger partial charge in [0.15, 0.2) is 0 Å². The summed E-state index contributed by atoms with van der Waals surface area (Å²) in [7, 11) is 0. The van der Waals surface area contributed by atoms with Gasteiger partial charge in [-0.05, 0) is 35.9 Å². The van der Waals surface area contributed by atoms with Crippen molar-refractivity contribution in [2.24, 2.45) is 0 Å². The third-order valence-corrected chi connectivity index (χ3v) is 2.64. The molecule has 0 aliphatic heterocycles. The van der Waals surface area contributed by atoms with Crippen molar-refractivity contribution in [1.29, 1.82) is 0 Å². The number of hydrogen-bond donors (Lipinski definition) is 1. The van der Waals surface area contributed by atoms with E-state index in [0.29, 0.717) is 0 Å². The van der Waals surface area contributed by atoms with E-state index in [-0.39, 0.29) is 6.99 Å². The van der Waals surface area contributed by atoms with Crippen molar-refractivity contribution in [3.63, 3.8) is 0 Å². The molecule has 1 aromatic carbocycles. The standard InChI is InChI=1S/C12H13NO.H2/c1-3-10-8(2)4-5-9-6-7-13-12(14)11(9)10;/h4-7H,3H2,1-2H3,(H,13,14);1H. The van der Waals surface area contributed by atoms with Crippen molar-refractivity contribution in [3.05, 3.63) is 45.9 Å². The fourth-order valence-corrected chi connectivity index (χ4v) is 1.91. The minimum absolute atomic E-state index is 0. The van der Waals surface area contributed by atoms with Gasteiger partial charge in [0, 0.05) is 7.62 Å². The molecule has 0 radical (unpaired) electrons. The highest BCUT2D eigenvalue weighted by Gasteiger charge is 2.05. The van der Waals surface area contributed by atoms with E-state index >= 15 is 0 Å². The Morgan fingerprint density at radius 3 is 2.86 bits per heavy atom. The molecule has 14 heavy (non-hydrogen) atoms. The quantitative estimate of drug-likeness (QED) is 0.735. The second kappa shape index (κ2) is 3.29. The monoisotopic (exact) mass is 189 g/mol. The zero-order valence-corrected chi connectivity index (χ0v) is 8.42. The Morgan fingerprint density at radius 1 is 1.36 bits per heavy atom. The number of aryl methyl sites for hydroxylation is 2. The van der Waals surface area contributed by atoms with Gasteiger partial charge in [-0.25, -0.2) is 0 Å². The summed E-state index contributed by atoms with van der Waals surface area (Å²) in [5.41, 5.74) is 2.36. The van der Waals surface area contributed by atoms with E-state index < -0.39 is 0 Å². The molecule has 0 unspecified atom stereocenters. The van der Waals surface area contributed by atoms with Gasteiger partial charge in [0.2, 0.25) is 0 Å². The summed E-state index contributed by atoms with van der Waals surface area (Å²) in [6.45, 7) is 4.12. The van der Waals surface area contributed by atoms with Gasteiger partial charge in [-0.2, -0.15) is 0 Å². The molecule has 74 valence electrons. The molecule has 0 amide bonds. The topological polar surface area (TPSA) is 32.9 Å². The van der Waals surface area contributed by atoms with Crippen molar-refractivity contribution in [3.8, 4) is 0 Å². The molecule has 0 fully saturated rings. The average molecular weight is 189 g/mol. The predicted molar refractivity (Wildman–Crippen MR) is 60.8 cm³/mol. The predicted octanol–water partition coefficient (Wildman–Crippen LogP) is 2.64. The van der Waals surface area contributed by atoms with Gasteiger partial charge in [0.05, 0.1) is 5.39 Å². The summed E-state index contributed by atoms with van der Waals surface area (Å²) in [5.74, 6) is 0. The molecule has 0 atom stereocenters. The summed E-state index contributed by atoms with van der Waals surface area (Å²) in [6, 6.07) is 6.01. The maximum absolute atomic E-state index is 11.7. The van der Waals surface area contributed by atoms with Crippen molar-refractivity contribution < 1.29 is 1.43 Å². The summed E-state index contributed by atoms with van der Waals surface area (Å²) in [4.78, 5) is 14.4. The number of aromatic nitrogens is 1. The summed E-state index contributed by atoms with van der Waals surface area (Å²) in [6.07, 6.45) is 2.59. The highest BCUT2D eigenvalue weighted by molar-refractivity contribution is 5.85. The molecule has 0 aliphatic carbocycles. The van der Waals surface area contributed by atoms with Crippen LogP contribution < -0.4 is 5.56 Å². The minimum Gasteiger partial charge on any atom is -0.329 e. The third kappa shape index (κ3) is 1.23. The zero-order valence-electron chi connectivity index (χ0n) is 8.42. The first-order chi connectivity index (χ1) is 6.74. The van der Waals surface area contributed by atoms with Gasteiger partial charge >= 0.3 is 0 Å². The van der Waals surface area contributed by atoms with E-state index in [1.807, 2.05) is 19.1 Å². The molecule has 2 nitrogen and oxygen atoms in total. The van der Waals surface area contributed by atoms with E-state index in [4.69, 9.17) is 0 Å². The maximum Gasteiger partial charge on any atom is 0.256 e. The van der Waals surface area contributed by atoms with Crippen LogP contribution in [-0.4, -0.2) is 4.98 Å². The zero-order chi connectivity index (χ0) is 10.1. The van der Waals surface area contributed by atoms with Crippen LogP contribution in [0.25, 0.3) is 10.8 Å². The average Bonchev–Trinajstić information content (AvgIpc) is 2.19. The number of fused-ring (bicyclic) bond motifs is 1. The number of nitrogens with one attached hydrogen (secondary N) is 1. The Bertz CT molecular complexity index is 531. The molecule has 1 N–H and O–H groups in total. The fourth-order valence-electron chi connectivity index (χ4n) is 1.91. The number of H-pyrrole nitrogens is 1. The van der Waals surface area contributed by atoms with Crippen LogP contribution in [0.4, 0.5) is 0 Å². The van der Waals surface area contributed by atoms with Gasteiger partial charge in [0.25, 0.3) is 5.56 Å². The highest BCUT2D eigenvalue weighted by Crippen LogP contribution is 2.18. The molecule has 1 heterocycles. The smallest absolute Gasteiger partial charge is 0.256 e. The lowest BCUT2D eigenvalue weighted by Gasteiger charge is -2.06. The van der Waals surface area contributed by atoms with E-state index in [0.717, 1.165) is 22.8 Å². The lowest BCUT2D eigenvalue weighted by atomic mass is 9.99. The molecule has 0 aliphatic rings. The Kier molecular flexibility index (Phi) is 2.12. The lowest BCUT2D eigenvalue weighted by molar-refractivity contribution is 1.12. The number of pyridine rings is 1. The molecule has 1 aromatic heterocycles. The van der Waals surface area contributed by atoms with Crippen LogP contribution >= 0.6 is 0 Å². The van der Waals surface area contributed by atoms with Crippen LogP contribution in [-0.2, 0) is 6.42 Å². The first-order valence-electron chi connectivity index (χ1n) is 4.84. The number of aromatic amines is 1. The summed E-state index contributed by atoms with van der Waals surface area (Å²) < 4.78 is 0. The molecule has 0 saturated carbocycles. The summed E-state index contributed by atoms with van der Waals surface area (Å²) >= 11 is 0. The first kappa shape index (κ1) is 9.00. The molecule has 2 heteroatoms. The Labute approximate surface area is 84.1 Å². The van der Waals surface area contributed by atoms with Crippen molar-refractivity contribution in [1.82, 2.24) is 4.98 Å². The lowest BCUT2D eigenvalue weighted by Crippen LogP contribution is -2.07. The second-order valence-corrected chi connectivity index (χ2v) is 3.49. The van der Waals surface area contributed by atoms with Gasteiger partial charge in [-0.3, -0.25) is 4.79 Å². The first-order valence-corrected chi connectivity index (χ1v) is 4.84. The molecule has 0 saturated heterocycles. The molecular weight excluding hydrogens is 174 g/mol. The van der Waals surface area contributed by atoms with E-state index in [9.17, 15) is 4.79 Å². The minimum atomic E-state index is 0. The van der Waals surface area contributed by atoms with Crippen molar-refractivity contribution in [2.45, 2.75) is 20.3 Å². The number of rotatable bonds is 1. The van der Waals surface area contributed by atoms with Crippen LogP contribution in [0.3, 0.4) is 0 Å². The SMILES string of the molecule is CCc1c(C)ccc2cc[nH]c(=O)c12.[HH]. The van der Waals surface area contributed by atoms with Gasteiger partial charge in [-0.15, -0.1) is 0 Å². The molecule has 2 aromatic rings. The number of hydrogen-bond acceptors (Lipinski definition) is 1. The van der Waals surface area contributed by atoms with Crippen LogP contribution in [0.5, 0.6) is 0 Å². The van der Waals surface area contributed by atoms with Gasteiger partial charge in [0.1, 0.15) is 0 Å². The van der Waals surface area contributed by atoms with E-state index in [1.54, 1.807) is 6.20 Å². The number of benzene rings is 1. The van der Waals surface area contributed by atoms with Crippen LogP contribution in [0.1, 0.15) is 19.5 Å². The van der Waals surface area contributed by atoms with E-state index in [2.05, 4.69) is 18.0 Å². The Morgan fingerprint density at radius 2 is 2.14 bits per heavy atom. The highest BCUT2D eigenvalue weighted by atomic mass is 16.1. The fraction of sp³-hybridized carbons (Fsp3) is 0.250. The van der Waals surface area contributed by atoms with Gasteiger partial charge in [-0.1, -0.05) is 19.1 Å². The molecule has 0 spiro atoms. The molecule has 2 rings (SSSR count). The normalized spacial score (nSPS) is 10.7. The third-order valence-electron chi connectivity index (χ3n) is 2.64. The molecule has 0 bridgehead atoms. The largest absolute Gasteiger partial charge is 0.329 e. The van der Waals surface area contributed by atoms with Crippen LogP contribution in [0, 0.1) is 6.92 Å². The van der Waals surface area contributed by atoms with Crippen molar-refractivity contribution >= 4 is 10.8 Å². The van der Waals surface area contributed by atoms with Crippen LogP contribution in [0.15, 0.2) is 29.2 Å². The van der Waals surface area contributed by atoms with E-state index in [1.165, 1.54) is 5.56 Å². The Hall–Kier alpha value is -1.57. The Balaban J connectivity index is 0.00000112. The summed E-state index contributed by atoms with van der Waals surface area (Å²) in [5, 5.41) is 1.87. The van der Waals surface area contributed by atoms with Gasteiger partial charge < -0.3 is 4.98 Å². The maximum atomic E-state index is 11.7. The van der Waals surface area contributed by atoms with Crippen LogP contribution in [0.2, 0.25) is 0 Å². The second-order valence-electron chi connectivity index (χ2n) is 3.49. The van der Waals surface area contributed by atoms with Crippen molar-refractivity contribution in [2.75, 3.05) is 0 Å². The molecular formula is C12H15NO.